The highest BCUT2D eigenvalue weighted by atomic mass is 32.2. The van der Waals surface area contributed by atoms with Crippen LogP contribution in [0.4, 0.5) is 11.8 Å². The van der Waals surface area contributed by atoms with Gasteiger partial charge in [-0.25, -0.2) is 4.98 Å². The molecule has 0 radical (unpaired) electrons. The van der Waals surface area contributed by atoms with Gasteiger partial charge in [0.25, 0.3) is 0 Å². The van der Waals surface area contributed by atoms with Crippen LogP contribution in [-0.4, -0.2) is 34.6 Å². The number of rotatable bonds is 3. The molecule has 18 heavy (non-hydrogen) atoms. The van der Waals surface area contributed by atoms with Crippen LogP contribution in [0.3, 0.4) is 0 Å². The molecule has 2 aromatic rings. The lowest BCUT2D eigenvalue weighted by molar-refractivity contribution is 0.664. The van der Waals surface area contributed by atoms with Gasteiger partial charge >= 0.3 is 0 Å². The monoisotopic (exact) mass is 280 g/mol. The van der Waals surface area contributed by atoms with Gasteiger partial charge < -0.3 is 10.6 Å². The zero-order valence-electron chi connectivity index (χ0n) is 10.3. The van der Waals surface area contributed by atoms with Crippen molar-refractivity contribution in [3.63, 3.8) is 0 Å². The molecular weight excluding hydrogens is 264 g/mol. The SMILES string of the molecule is CNc1nc(NC2CCSCC2)c2ccsc2n1. The molecule has 0 unspecified atom stereocenters. The lowest BCUT2D eigenvalue weighted by atomic mass is 10.1. The first-order valence-corrected chi connectivity index (χ1v) is 8.17. The van der Waals surface area contributed by atoms with Gasteiger partial charge in [0, 0.05) is 13.1 Å². The van der Waals surface area contributed by atoms with Crippen molar-refractivity contribution in [2.24, 2.45) is 0 Å². The van der Waals surface area contributed by atoms with E-state index in [0.29, 0.717) is 12.0 Å². The molecule has 4 nitrogen and oxygen atoms in total. The second kappa shape index (κ2) is 5.32. The maximum absolute atomic E-state index is 4.55. The summed E-state index contributed by atoms with van der Waals surface area (Å²) in [5, 5.41) is 9.82. The lowest BCUT2D eigenvalue weighted by Crippen LogP contribution is -2.25. The Hall–Kier alpha value is -1.01. The molecule has 96 valence electrons. The molecule has 0 saturated carbocycles. The highest BCUT2D eigenvalue weighted by Crippen LogP contribution is 2.28. The molecule has 2 aromatic heterocycles. The second-order valence-electron chi connectivity index (χ2n) is 4.32. The molecule has 0 aliphatic carbocycles. The molecule has 1 aliphatic rings. The number of nitrogens with zero attached hydrogens (tertiary/aromatic N) is 2. The van der Waals surface area contributed by atoms with Crippen molar-refractivity contribution in [1.29, 1.82) is 0 Å². The smallest absolute Gasteiger partial charge is 0.225 e. The number of fused-ring (bicyclic) bond motifs is 1. The molecule has 0 spiro atoms. The van der Waals surface area contributed by atoms with Crippen LogP contribution in [0.1, 0.15) is 12.8 Å². The van der Waals surface area contributed by atoms with Gasteiger partial charge in [-0.15, -0.1) is 11.3 Å². The Morgan fingerprint density at radius 1 is 1.28 bits per heavy atom. The van der Waals surface area contributed by atoms with E-state index in [1.807, 2.05) is 18.8 Å². The Balaban J connectivity index is 1.91. The first kappa shape index (κ1) is 12.0. The van der Waals surface area contributed by atoms with Gasteiger partial charge in [-0.05, 0) is 35.8 Å². The zero-order chi connectivity index (χ0) is 12.4. The van der Waals surface area contributed by atoms with Crippen LogP contribution >= 0.6 is 23.1 Å². The van der Waals surface area contributed by atoms with E-state index >= 15 is 0 Å². The van der Waals surface area contributed by atoms with Gasteiger partial charge in [-0.3, -0.25) is 0 Å². The quantitative estimate of drug-likeness (QED) is 0.905. The predicted molar refractivity (Wildman–Crippen MR) is 80.9 cm³/mol. The van der Waals surface area contributed by atoms with Crippen molar-refractivity contribution in [3.05, 3.63) is 11.4 Å². The molecule has 0 atom stereocenters. The Labute approximate surface area is 115 Å². The molecule has 2 N–H and O–H groups in total. The van der Waals surface area contributed by atoms with Gasteiger partial charge in [0.1, 0.15) is 10.6 Å². The third-order valence-electron chi connectivity index (χ3n) is 3.11. The van der Waals surface area contributed by atoms with Crippen molar-refractivity contribution in [1.82, 2.24) is 9.97 Å². The Bertz CT molecular complexity index is 534. The number of hydrogen-bond donors (Lipinski definition) is 2. The molecule has 1 aliphatic heterocycles. The molecule has 0 amide bonds. The largest absolute Gasteiger partial charge is 0.367 e. The topological polar surface area (TPSA) is 49.8 Å². The van der Waals surface area contributed by atoms with E-state index in [2.05, 4.69) is 32.0 Å². The first-order chi connectivity index (χ1) is 8.86. The van der Waals surface area contributed by atoms with Gasteiger partial charge in [0.05, 0.1) is 5.39 Å². The fourth-order valence-corrected chi connectivity index (χ4v) is 3.98. The van der Waals surface area contributed by atoms with Gasteiger partial charge in [-0.1, -0.05) is 0 Å². The number of aromatic nitrogens is 2. The standard InChI is InChI=1S/C12H16N4S2/c1-13-12-15-10(9-4-7-18-11(9)16-12)14-8-2-5-17-6-3-8/h4,7-8H,2-3,5-6H2,1H3,(H2,13,14,15,16). The Kier molecular flexibility index (Phi) is 3.56. The normalized spacial score (nSPS) is 16.9. The third kappa shape index (κ3) is 2.40. The summed E-state index contributed by atoms with van der Waals surface area (Å²) in [5.41, 5.74) is 0. The summed E-state index contributed by atoms with van der Waals surface area (Å²) in [5.74, 6) is 4.16. The van der Waals surface area contributed by atoms with E-state index in [1.54, 1.807) is 11.3 Å². The van der Waals surface area contributed by atoms with Crippen LogP contribution in [0.5, 0.6) is 0 Å². The molecule has 3 rings (SSSR count). The molecular formula is C12H16N4S2. The van der Waals surface area contributed by atoms with Gasteiger partial charge in [0.2, 0.25) is 5.95 Å². The molecule has 1 fully saturated rings. The lowest BCUT2D eigenvalue weighted by Gasteiger charge is -2.23. The summed E-state index contributed by atoms with van der Waals surface area (Å²) in [6.45, 7) is 0. The number of nitrogens with one attached hydrogen (secondary N) is 2. The van der Waals surface area contributed by atoms with E-state index in [0.717, 1.165) is 16.0 Å². The molecule has 3 heterocycles. The third-order valence-corrected chi connectivity index (χ3v) is 4.97. The first-order valence-electron chi connectivity index (χ1n) is 6.14. The van der Waals surface area contributed by atoms with Crippen LogP contribution in [-0.2, 0) is 0 Å². The molecule has 6 heteroatoms. The van der Waals surface area contributed by atoms with E-state index in [9.17, 15) is 0 Å². The van der Waals surface area contributed by atoms with E-state index in [4.69, 9.17) is 0 Å². The van der Waals surface area contributed by atoms with Crippen LogP contribution in [0.25, 0.3) is 10.2 Å². The van der Waals surface area contributed by atoms with Crippen molar-refractivity contribution in [2.45, 2.75) is 18.9 Å². The van der Waals surface area contributed by atoms with Crippen molar-refractivity contribution < 1.29 is 0 Å². The van der Waals surface area contributed by atoms with Crippen LogP contribution in [0.2, 0.25) is 0 Å². The summed E-state index contributed by atoms with van der Waals surface area (Å²) < 4.78 is 0. The zero-order valence-corrected chi connectivity index (χ0v) is 11.9. The number of thioether (sulfide) groups is 1. The number of thiophene rings is 1. The fraction of sp³-hybridized carbons (Fsp3) is 0.500. The number of hydrogen-bond acceptors (Lipinski definition) is 6. The maximum atomic E-state index is 4.55. The van der Waals surface area contributed by atoms with E-state index in [-0.39, 0.29) is 0 Å². The summed E-state index contributed by atoms with van der Waals surface area (Å²) in [4.78, 5) is 10.1. The van der Waals surface area contributed by atoms with Crippen molar-refractivity contribution in [2.75, 3.05) is 29.2 Å². The molecule has 1 saturated heterocycles. The Morgan fingerprint density at radius 3 is 2.89 bits per heavy atom. The number of anilines is 2. The predicted octanol–water partition coefficient (Wildman–Crippen LogP) is 3.04. The van der Waals surface area contributed by atoms with Gasteiger partial charge in [-0.2, -0.15) is 16.7 Å². The van der Waals surface area contributed by atoms with Crippen molar-refractivity contribution in [3.8, 4) is 0 Å². The highest BCUT2D eigenvalue weighted by molar-refractivity contribution is 7.99. The molecule has 0 bridgehead atoms. The Morgan fingerprint density at radius 2 is 2.11 bits per heavy atom. The van der Waals surface area contributed by atoms with Crippen LogP contribution in [0.15, 0.2) is 11.4 Å². The summed E-state index contributed by atoms with van der Waals surface area (Å²) in [7, 11) is 1.86. The average molecular weight is 280 g/mol. The van der Waals surface area contributed by atoms with E-state index in [1.165, 1.54) is 24.3 Å². The second-order valence-corrected chi connectivity index (χ2v) is 6.44. The van der Waals surface area contributed by atoms with Gasteiger partial charge in [0.15, 0.2) is 0 Å². The molecule has 0 aromatic carbocycles. The maximum Gasteiger partial charge on any atom is 0.225 e. The van der Waals surface area contributed by atoms with Crippen molar-refractivity contribution >= 4 is 45.1 Å². The minimum atomic E-state index is 0.550. The minimum absolute atomic E-state index is 0.550. The minimum Gasteiger partial charge on any atom is -0.367 e. The van der Waals surface area contributed by atoms with Crippen LogP contribution < -0.4 is 10.6 Å². The fourth-order valence-electron chi connectivity index (χ4n) is 2.11. The average Bonchev–Trinajstić information content (AvgIpc) is 2.88. The van der Waals surface area contributed by atoms with E-state index < -0.39 is 0 Å². The highest BCUT2D eigenvalue weighted by Gasteiger charge is 2.16. The van der Waals surface area contributed by atoms with Crippen LogP contribution in [0, 0.1) is 0 Å². The summed E-state index contributed by atoms with van der Waals surface area (Å²) in [6.07, 6.45) is 2.43. The summed E-state index contributed by atoms with van der Waals surface area (Å²) >= 11 is 3.70. The summed E-state index contributed by atoms with van der Waals surface area (Å²) in [6, 6.07) is 2.65.